The van der Waals surface area contributed by atoms with Crippen LogP contribution in [0.5, 0.6) is 0 Å². The van der Waals surface area contributed by atoms with E-state index in [4.69, 9.17) is 0 Å². The average Bonchev–Trinajstić information content (AvgIpc) is 2.36. The fourth-order valence-corrected chi connectivity index (χ4v) is 1.97. The average molecular weight is 168 g/mol. The third-order valence-electron chi connectivity index (χ3n) is 2.52. The Labute approximate surface area is 75.6 Å². The summed E-state index contributed by atoms with van der Waals surface area (Å²) in [4.78, 5) is 2.31. The molecule has 1 aliphatic rings. The first kappa shape index (κ1) is 9.75. The third-order valence-corrected chi connectivity index (χ3v) is 2.52. The summed E-state index contributed by atoms with van der Waals surface area (Å²) < 4.78 is 0. The lowest BCUT2D eigenvalue weighted by molar-refractivity contribution is 0.258. The molecular weight excluding hydrogens is 148 g/mol. The molecule has 1 heterocycles. The summed E-state index contributed by atoms with van der Waals surface area (Å²) in [7, 11) is 2.15. The van der Waals surface area contributed by atoms with Gasteiger partial charge in [0, 0.05) is 18.6 Å². The van der Waals surface area contributed by atoms with Gasteiger partial charge in [-0.1, -0.05) is 6.08 Å². The Hall–Kier alpha value is -0.340. The molecule has 0 aromatic rings. The molecule has 0 aromatic carbocycles. The van der Waals surface area contributed by atoms with E-state index in [-0.39, 0.29) is 0 Å². The lowest BCUT2D eigenvalue weighted by atomic mass is 10.00. The summed E-state index contributed by atoms with van der Waals surface area (Å²) in [6.45, 7) is 9.33. The SMILES string of the molecule is C=CCN(C)CC1(C)CCCN1. The van der Waals surface area contributed by atoms with Crippen LogP contribution in [0, 0.1) is 0 Å². The standard InChI is InChI=1S/C10H20N2/c1-4-8-12(3)9-10(2)6-5-7-11-10/h4,11H,1,5-9H2,2-3H3. The summed E-state index contributed by atoms with van der Waals surface area (Å²) in [5, 5.41) is 3.55. The van der Waals surface area contributed by atoms with Gasteiger partial charge >= 0.3 is 0 Å². The van der Waals surface area contributed by atoms with Gasteiger partial charge in [-0.05, 0) is 33.4 Å². The summed E-state index contributed by atoms with van der Waals surface area (Å²) >= 11 is 0. The van der Waals surface area contributed by atoms with Crippen molar-refractivity contribution in [3.05, 3.63) is 12.7 Å². The second-order valence-electron chi connectivity index (χ2n) is 4.08. The van der Waals surface area contributed by atoms with Crippen molar-refractivity contribution in [3.8, 4) is 0 Å². The first-order valence-corrected chi connectivity index (χ1v) is 4.71. The molecule has 0 aromatic heterocycles. The number of hydrogen-bond donors (Lipinski definition) is 1. The molecule has 2 nitrogen and oxygen atoms in total. The number of nitrogens with zero attached hydrogens (tertiary/aromatic N) is 1. The maximum absolute atomic E-state index is 3.74. The van der Waals surface area contributed by atoms with Crippen LogP contribution in [0.1, 0.15) is 19.8 Å². The molecule has 70 valence electrons. The molecule has 1 saturated heterocycles. The van der Waals surface area contributed by atoms with Crippen molar-refractivity contribution in [2.24, 2.45) is 0 Å². The first-order chi connectivity index (χ1) is 5.66. The van der Waals surface area contributed by atoms with E-state index >= 15 is 0 Å². The Morgan fingerprint density at radius 3 is 2.92 bits per heavy atom. The summed E-state index contributed by atoms with van der Waals surface area (Å²) in [5.41, 5.74) is 0.345. The molecule has 1 fully saturated rings. The zero-order valence-corrected chi connectivity index (χ0v) is 8.27. The van der Waals surface area contributed by atoms with Crippen LogP contribution in [0.15, 0.2) is 12.7 Å². The van der Waals surface area contributed by atoms with E-state index in [1.54, 1.807) is 0 Å². The number of likely N-dealkylation sites (N-methyl/N-ethyl adjacent to an activating group) is 1. The molecule has 12 heavy (non-hydrogen) atoms. The molecule has 0 saturated carbocycles. The Bertz CT molecular complexity index is 148. The highest BCUT2D eigenvalue weighted by atomic mass is 15.1. The lowest BCUT2D eigenvalue weighted by Crippen LogP contribution is -2.46. The normalized spacial score (nSPS) is 29.6. The van der Waals surface area contributed by atoms with Gasteiger partial charge in [0.2, 0.25) is 0 Å². The maximum Gasteiger partial charge on any atom is 0.0280 e. The second kappa shape index (κ2) is 4.06. The molecule has 0 amide bonds. The van der Waals surface area contributed by atoms with Gasteiger partial charge in [0.25, 0.3) is 0 Å². The molecule has 1 aliphatic heterocycles. The molecule has 0 aliphatic carbocycles. The maximum atomic E-state index is 3.74. The smallest absolute Gasteiger partial charge is 0.0280 e. The van der Waals surface area contributed by atoms with Crippen molar-refractivity contribution in [3.63, 3.8) is 0 Å². The van der Waals surface area contributed by atoms with E-state index in [1.807, 2.05) is 6.08 Å². The van der Waals surface area contributed by atoms with Gasteiger partial charge < -0.3 is 10.2 Å². The summed E-state index contributed by atoms with van der Waals surface area (Å²) in [6.07, 6.45) is 4.57. The molecule has 0 spiro atoms. The van der Waals surface area contributed by atoms with Crippen LogP contribution >= 0.6 is 0 Å². The molecule has 1 unspecified atom stereocenters. The van der Waals surface area contributed by atoms with Gasteiger partial charge in [-0.25, -0.2) is 0 Å². The topological polar surface area (TPSA) is 15.3 Å². The van der Waals surface area contributed by atoms with E-state index in [0.29, 0.717) is 5.54 Å². The predicted octanol–water partition coefficient (Wildman–Crippen LogP) is 1.25. The van der Waals surface area contributed by atoms with Crippen LogP contribution < -0.4 is 5.32 Å². The number of hydrogen-bond acceptors (Lipinski definition) is 2. The minimum atomic E-state index is 0.345. The molecule has 1 atom stereocenters. The third kappa shape index (κ3) is 2.61. The molecule has 0 radical (unpaired) electrons. The molecule has 0 bridgehead atoms. The van der Waals surface area contributed by atoms with Crippen molar-refractivity contribution in [1.29, 1.82) is 0 Å². The predicted molar refractivity (Wildman–Crippen MR) is 53.3 cm³/mol. The fourth-order valence-electron chi connectivity index (χ4n) is 1.97. The van der Waals surface area contributed by atoms with E-state index in [9.17, 15) is 0 Å². The first-order valence-electron chi connectivity index (χ1n) is 4.71. The number of rotatable bonds is 4. The van der Waals surface area contributed by atoms with E-state index in [2.05, 4.69) is 30.8 Å². The lowest BCUT2D eigenvalue weighted by Gasteiger charge is -2.29. The fraction of sp³-hybridized carbons (Fsp3) is 0.800. The Morgan fingerprint density at radius 1 is 1.67 bits per heavy atom. The molecule has 1 N–H and O–H groups in total. The highest BCUT2D eigenvalue weighted by Crippen LogP contribution is 2.18. The summed E-state index contributed by atoms with van der Waals surface area (Å²) in [5.74, 6) is 0. The second-order valence-corrected chi connectivity index (χ2v) is 4.08. The van der Waals surface area contributed by atoms with Crippen LogP contribution in [-0.4, -0.2) is 37.1 Å². The molecular formula is C10H20N2. The van der Waals surface area contributed by atoms with Crippen LogP contribution in [0.25, 0.3) is 0 Å². The van der Waals surface area contributed by atoms with E-state index in [1.165, 1.54) is 19.4 Å². The largest absolute Gasteiger partial charge is 0.310 e. The van der Waals surface area contributed by atoms with Gasteiger partial charge in [-0.3, -0.25) is 0 Å². The quantitative estimate of drug-likeness (QED) is 0.635. The Morgan fingerprint density at radius 2 is 2.42 bits per heavy atom. The zero-order chi connectivity index (χ0) is 9.03. The highest BCUT2D eigenvalue weighted by Gasteiger charge is 2.28. The minimum absolute atomic E-state index is 0.345. The van der Waals surface area contributed by atoms with Crippen LogP contribution in [-0.2, 0) is 0 Å². The Balaban J connectivity index is 2.32. The van der Waals surface area contributed by atoms with Crippen molar-refractivity contribution >= 4 is 0 Å². The minimum Gasteiger partial charge on any atom is -0.310 e. The van der Waals surface area contributed by atoms with Crippen molar-refractivity contribution in [1.82, 2.24) is 10.2 Å². The van der Waals surface area contributed by atoms with Gasteiger partial charge in [0.15, 0.2) is 0 Å². The van der Waals surface area contributed by atoms with Gasteiger partial charge in [0.05, 0.1) is 0 Å². The van der Waals surface area contributed by atoms with Crippen molar-refractivity contribution < 1.29 is 0 Å². The van der Waals surface area contributed by atoms with Gasteiger partial charge in [0.1, 0.15) is 0 Å². The molecule has 1 rings (SSSR count). The van der Waals surface area contributed by atoms with Crippen LogP contribution in [0.2, 0.25) is 0 Å². The monoisotopic (exact) mass is 168 g/mol. The van der Waals surface area contributed by atoms with Gasteiger partial charge in [-0.15, -0.1) is 6.58 Å². The molecule has 2 heteroatoms. The zero-order valence-electron chi connectivity index (χ0n) is 8.27. The van der Waals surface area contributed by atoms with Crippen molar-refractivity contribution in [2.75, 3.05) is 26.7 Å². The van der Waals surface area contributed by atoms with Crippen molar-refractivity contribution in [2.45, 2.75) is 25.3 Å². The van der Waals surface area contributed by atoms with Crippen LogP contribution in [0.4, 0.5) is 0 Å². The van der Waals surface area contributed by atoms with Crippen LogP contribution in [0.3, 0.4) is 0 Å². The van der Waals surface area contributed by atoms with Gasteiger partial charge in [-0.2, -0.15) is 0 Å². The van der Waals surface area contributed by atoms with E-state index in [0.717, 1.165) is 13.1 Å². The Kier molecular flexibility index (Phi) is 3.29. The highest BCUT2D eigenvalue weighted by molar-refractivity contribution is 4.91. The number of nitrogens with one attached hydrogen (secondary N) is 1. The van der Waals surface area contributed by atoms with E-state index < -0.39 is 0 Å². The summed E-state index contributed by atoms with van der Waals surface area (Å²) in [6, 6.07) is 0.